The summed E-state index contributed by atoms with van der Waals surface area (Å²) >= 11 is 0. The van der Waals surface area contributed by atoms with Gasteiger partial charge in [-0.25, -0.2) is 9.78 Å². The topological polar surface area (TPSA) is 80.0 Å². The van der Waals surface area contributed by atoms with Gasteiger partial charge >= 0.3 is 12.1 Å². The van der Waals surface area contributed by atoms with Crippen molar-refractivity contribution in [3.63, 3.8) is 0 Å². The van der Waals surface area contributed by atoms with E-state index in [1.165, 1.54) is 17.1 Å². The van der Waals surface area contributed by atoms with E-state index in [2.05, 4.69) is 15.4 Å². The molecule has 2 aromatic rings. The van der Waals surface area contributed by atoms with Crippen LogP contribution in [0.2, 0.25) is 0 Å². The van der Waals surface area contributed by atoms with Crippen LogP contribution in [-0.4, -0.2) is 25.8 Å². The first-order chi connectivity index (χ1) is 9.77. The number of pyridine rings is 1. The molecule has 0 saturated carbocycles. The highest BCUT2D eigenvalue weighted by Crippen LogP contribution is 2.29. The van der Waals surface area contributed by atoms with E-state index in [0.717, 1.165) is 12.1 Å². The van der Waals surface area contributed by atoms with E-state index in [1.54, 1.807) is 7.05 Å². The molecule has 0 aliphatic rings. The SMILES string of the molecule is Cn1cc(C(Nc2ccc(C(F)(F)F)cn2)C(=O)O)cn1. The van der Waals surface area contributed by atoms with E-state index in [9.17, 15) is 23.1 Å². The lowest BCUT2D eigenvalue weighted by Crippen LogP contribution is -2.20. The van der Waals surface area contributed by atoms with Crippen LogP contribution in [-0.2, 0) is 18.0 Å². The number of hydrogen-bond acceptors (Lipinski definition) is 4. The summed E-state index contributed by atoms with van der Waals surface area (Å²) in [6.45, 7) is 0. The second kappa shape index (κ2) is 5.43. The summed E-state index contributed by atoms with van der Waals surface area (Å²) in [6.07, 6.45) is -0.989. The Labute approximate surface area is 117 Å². The maximum absolute atomic E-state index is 12.4. The molecule has 0 bridgehead atoms. The van der Waals surface area contributed by atoms with Gasteiger partial charge < -0.3 is 10.4 Å². The number of nitrogens with zero attached hydrogens (tertiary/aromatic N) is 3. The van der Waals surface area contributed by atoms with Crippen molar-refractivity contribution in [3.8, 4) is 0 Å². The molecule has 112 valence electrons. The van der Waals surface area contributed by atoms with Gasteiger partial charge in [0.25, 0.3) is 0 Å². The van der Waals surface area contributed by atoms with Gasteiger partial charge in [0.15, 0.2) is 6.04 Å². The van der Waals surface area contributed by atoms with Crippen LogP contribution in [0.3, 0.4) is 0 Å². The minimum atomic E-state index is -4.49. The van der Waals surface area contributed by atoms with E-state index < -0.39 is 23.8 Å². The van der Waals surface area contributed by atoms with Crippen molar-refractivity contribution < 1.29 is 23.1 Å². The summed E-state index contributed by atoms with van der Waals surface area (Å²) in [7, 11) is 1.62. The fourth-order valence-electron chi connectivity index (χ4n) is 1.67. The second-order valence-electron chi connectivity index (χ2n) is 4.29. The van der Waals surface area contributed by atoms with Crippen LogP contribution < -0.4 is 5.32 Å². The van der Waals surface area contributed by atoms with Gasteiger partial charge in [0.1, 0.15) is 5.82 Å². The molecule has 0 radical (unpaired) electrons. The molecule has 0 fully saturated rings. The smallest absolute Gasteiger partial charge is 0.417 e. The molecule has 0 spiro atoms. The highest BCUT2D eigenvalue weighted by molar-refractivity contribution is 5.78. The molecule has 0 aliphatic carbocycles. The fourth-order valence-corrected chi connectivity index (χ4v) is 1.67. The van der Waals surface area contributed by atoms with E-state index in [1.807, 2.05) is 0 Å². The molecule has 21 heavy (non-hydrogen) atoms. The van der Waals surface area contributed by atoms with Gasteiger partial charge in [-0.1, -0.05) is 0 Å². The third kappa shape index (κ3) is 3.50. The third-order valence-corrected chi connectivity index (χ3v) is 2.69. The van der Waals surface area contributed by atoms with Crippen molar-refractivity contribution in [1.29, 1.82) is 0 Å². The average Bonchev–Trinajstić information content (AvgIpc) is 2.81. The standard InChI is InChI=1S/C12H11F3N4O2/c1-19-6-7(4-17-19)10(11(20)21)18-9-3-2-8(5-16-9)12(13,14)15/h2-6,10H,1H3,(H,16,18)(H,20,21). The Morgan fingerprint density at radius 3 is 2.52 bits per heavy atom. The third-order valence-electron chi connectivity index (χ3n) is 2.69. The summed E-state index contributed by atoms with van der Waals surface area (Å²) in [6, 6.07) is 0.759. The Bertz CT molecular complexity index is 637. The number of carboxylic acids is 1. The van der Waals surface area contributed by atoms with Crippen molar-refractivity contribution in [3.05, 3.63) is 41.9 Å². The molecule has 0 aromatic carbocycles. The fraction of sp³-hybridized carbons (Fsp3) is 0.250. The van der Waals surface area contributed by atoms with Gasteiger partial charge in [-0.15, -0.1) is 0 Å². The number of nitrogens with one attached hydrogen (secondary N) is 1. The maximum atomic E-state index is 12.4. The monoisotopic (exact) mass is 300 g/mol. The maximum Gasteiger partial charge on any atom is 0.417 e. The largest absolute Gasteiger partial charge is 0.479 e. The van der Waals surface area contributed by atoms with E-state index >= 15 is 0 Å². The van der Waals surface area contributed by atoms with Crippen molar-refractivity contribution >= 4 is 11.8 Å². The summed E-state index contributed by atoms with van der Waals surface area (Å²) < 4.78 is 38.7. The number of anilines is 1. The normalized spacial score (nSPS) is 13.0. The van der Waals surface area contributed by atoms with Crippen LogP contribution in [0.5, 0.6) is 0 Å². The minimum absolute atomic E-state index is 0.0271. The van der Waals surface area contributed by atoms with Gasteiger partial charge in [0.2, 0.25) is 0 Å². The molecular formula is C12H11F3N4O2. The van der Waals surface area contributed by atoms with Crippen LogP contribution in [0.15, 0.2) is 30.7 Å². The van der Waals surface area contributed by atoms with Crippen LogP contribution in [0.1, 0.15) is 17.2 Å². The molecule has 0 aliphatic heterocycles. The van der Waals surface area contributed by atoms with E-state index in [-0.39, 0.29) is 5.82 Å². The van der Waals surface area contributed by atoms with Gasteiger partial charge in [0.05, 0.1) is 11.8 Å². The quantitative estimate of drug-likeness (QED) is 0.903. The lowest BCUT2D eigenvalue weighted by Gasteiger charge is -2.14. The van der Waals surface area contributed by atoms with E-state index in [4.69, 9.17) is 0 Å². The molecule has 2 heterocycles. The van der Waals surface area contributed by atoms with Crippen LogP contribution in [0.25, 0.3) is 0 Å². The Morgan fingerprint density at radius 1 is 1.38 bits per heavy atom. The molecule has 1 atom stereocenters. The second-order valence-corrected chi connectivity index (χ2v) is 4.29. The number of halogens is 3. The number of alkyl halides is 3. The first-order valence-electron chi connectivity index (χ1n) is 5.78. The number of carboxylic acid groups (broad SMARTS) is 1. The number of hydrogen-bond donors (Lipinski definition) is 2. The zero-order chi connectivity index (χ0) is 15.6. The van der Waals surface area contributed by atoms with Crippen molar-refractivity contribution in [2.24, 2.45) is 7.05 Å². The Kier molecular flexibility index (Phi) is 3.83. The zero-order valence-corrected chi connectivity index (χ0v) is 10.8. The Morgan fingerprint density at radius 2 is 2.10 bits per heavy atom. The summed E-state index contributed by atoms with van der Waals surface area (Å²) in [5, 5.41) is 15.6. The van der Waals surface area contributed by atoms with Crippen LogP contribution in [0, 0.1) is 0 Å². The first kappa shape index (κ1) is 14.8. The molecule has 1 unspecified atom stereocenters. The predicted octanol–water partition coefficient (Wildman–Crippen LogP) is 2.07. The van der Waals surface area contributed by atoms with Gasteiger partial charge in [-0.2, -0.15) is 18.3 Å². The van der Waals surface area contributed by atoms with Crippen molar-refractivity contribution in [1.82, 2.24) is 14.8 Å². The van der Waals surface area contributed by atoms with Crippen molar-refractivity contribution in [2.45, 2.75) is 12.2 Å². The molecule has 2 N–H and O–H groups in total. The van der Waals surface area contributed by atoms with Crippen molar-refractivity contribution in [2.75, 3.05) is 5.32 Å². The Balaban J connectivity index is 2.20. The lowest BCUT2D eigenvalue weighted by atomic mass is 10.1. The summed E-state index contributed by atoms with van der Waals surface area (Å²) in [4.78, 5) is 14.8. The van der Waals surface area contributed by atoms with Gasteiger partial charge in [-0.05, 0) is 12.1 Å². The molecule has 2 aromatic heterocycles. The lowest BCUT2D eigenvalue weighted by molar-refractivity contribution is -0.139. The van der Waals surface area contributed by atoms with Crippen LogP contribution >= 0.6 is 0 Å². The van der Waals surface area contributed by atoms with E-state index in [0.29, 0.717) is 11.8 Å². The predicted molar refractivity (Wildman–Crippen MR) is 66.4 cm³/mol. The number of aliphatic carboxylic acids is 1. The first-order valence-corrected chi connectivity index (χ1v) is 5.78. The number of rotatable bonds is 4. The van der Waals surface area contributed by atoms with Crippen LogP contribution in [0.4, 0.5) is 19.0 Å². The van der Waals surface area contributed by atoms with Gasteiger partial charge in [-0.3, -0.25) is 4.68 Å². The van der Waals surface area contributed by atoms with Gasteiger partial charge in [0, 0.05) is 25.0 Å². The average molecular weight is 300 g/mol. The Hall–Kier alpha value is -2.58. The molecule has 9 heteroatoms. The molecular weight excluding hydrogens is 289 g/mol. The number of carbonyl (C=O) groups is 1. The minimum Gasteiger partial charge on any atom is -0.479 e. The summed E-state index contributed by atoms with van der Waals surface area (Å²) in [5.41, 5.74) is -0.534. The highest BCUT2D eigenvalue weighted by Gasteiger charge is 2.31. The summed E-state index contributed by atoms with van der Waals surface area (Å²) in [5.74, 6) is -1.16. The molecule has 0 amide bonds. The highest BCUT2D eigenvalue weighted by atomic mass is 19.4. The molecule has 6 nitrogen and oxygen atoms in total. The molecule has 0 saturated heterocycles. The molecule has 2 rings (SSSR count). The zero-order valence-electron chi connectivity index (χ0n) is 10.8. The number of aryl methyl sites for hydroxylation is 1. The number of aromatic nitrogens is 3.